The fourth-order valence-corrected chi connectivity index (χ4v) is 3.32. The van der Waals surface area contributed by atoms with E-state index < -0.39 is 0 Å². The Bertz CT molecular complexity index is 936. The number of nitrogens with two attached hydrogens (primary N) is 1. The Morgan fingerprint density at radius 2 is 2.04 bits per heavy atom. The first-order valence-corrected chi connectivity index (χ1v) is 8.31. The molecule has 7 nitrogen and oxygen atoms in total. The van der Waals surface area contributed by atoms with Crippen molar-refractivity contribution < 1.29 is 9.13 Å². The van der Waals surface area contributed by atoms with Crippen LogP contribution in [0.15, 0.2) is 42.7 Å². The van der Waals surface area contributed by atoms with Gasteiger partial charge in [0.25, 0.3) is 0 Å². The number of pyridine rings is 1. The molecule has 1 aliphatic rings. The number of nitrogen functional groups attached to an aromatic ring is 1. The van der Waals surface area contributed by atoms with E-state index in [-0.39, 0.29) is 23.9 Å². The Morgan fingerprint density at radius 1 is 1.19 bits per heavy atom. The number of hydrogen-bond donors (Lipinski definition) is 2. The number of rotatable bonds is 4. The second-order valence-electron chi connectivity index (χ2n) is 6.23. The predicted octanol–water partition coefficient (Wildman–Crippen LogP) is 2.06. The van der Waals surface area contributed by atoms with Crippen LogP contribution in [0.2, 0.25) is 0 Å². The molecule has 3 heterocycles. The third-order valence-electron chi connectivity index (χ3n) is 4.60. The number of halogens is 1. The van der Waals surface area contributed by atoms with E-state index in [0.29, 0.717) is 18.9 Å². The van der Waals surface area contributed by atoms with E-state index in [1.54, 1.807) is 31.6 Å². The topological polar surface area (TPSA) is 89.2 Å². The highest BCUT2D eigenvalue weighted by Gasteiger charge is 2.34. The largest absolute Gasteiger partial charge is 0.377 e. The zero-order chi connectivity index (χ0) is 18.1. The van der Waals surface area contributed by atoms with Crippen molar-refractivity contribution >= 4 is 28.4 Å². The molecule has 2 aromatic heterocycles. The molecular weight excluding hydrogens is 335 g/mol. The summed E-state index contributed by atoms with van der Waals surface area (Å²) in [6.07, 6.45) is 3.26. The lowest BCUT2D eigenvalue weighted by Crippen LogP contribution is -2.34. The molecule has 3 N–H and O–H groups in total. The minimum atomic E-state index is -0.266. The highest BCUT2D eigenvalue weighted by molar-refractivity contribution is 5.91. The number of ether oxygens (including phenoxy) is 1. The lowest BCUT2D eigenvalue weighted by atomic mass is 10.1. The van der Waals surface area contributed by atoms with Gasteiger partial charge in [-0.1, -0.05) is 0 Å². The van der Waals surface area contributed by atoms with Crippen LogP contribution in [0.3, 0.4) is 0 Å². The van der Waals surface area contributed by atoms with Crippen molar-refractivity contribution in [1.82, 2.24) is 15.0 Å². The van der Waals surface area contributed by atoms with Gasteiger partial charge in [-0.3, -0.25) is 0 Å². The summed E-state index contributed by atoms with van der Waals surface area (Å²) in [6.45, 7) is 1.35. The van der Waals surface area contributed by atoms with Crippen LogP contribution in [0.5, 0.6) is 0 Å². The maximum absolute atomic E-state index is 13.5. The summed E-state index contributed by atoms with van der Waals surface area (Å²) < 4.78 is 19.1. The van der Waals surface area contributed by atoms with Crippen LogP contribution >= 0.6 is 0 Å². The van der Waals surface area contributed by atoms with Crippen molar-refractivity contribution in [3.8, 4) is 0 Å². The average molecular weight is 354 g/mol. The summed E-state index contributed by atoms with van der Waals surface area (Å²) >= 11 is 0. The molecule has 26 heavy (non-hydrogen) atoms. The van der Waals surface area contributed by atoms with E-state index in [0.717, 1.165) is 16.6 Å². The van der Waals surface area contributed by atoms with Crippen molar-refractivity contribution in [2.45, 2.75) is 12.1 Å². The summed E-state index contributed by atoms with van der Waals surface area (Å²) in [5.41, 5.74) is 5.69. The van der Waals surface area contributed by atoms with Gasteiger partial charge in [-0.2, -0.15) is 4.98 Å². The molecule has 1 saturated heterocycles. The lowest BCUT2D eigenvalue weighted by Gasteiger charge is -2.20. The molecule has 0 amide bonds. The molecule has 1 aliphatic heterocycles. The fraction of sp³-hybridized carbons (Fsp3) is 0.278. The van der Waals surface area contributed by atoms with E-state index in [4.69, 9.17) is 10.5 Å². The molecule has 0 saturated carbocycles. The van der Waals surface area contributed by atoms with Crippen molar-refractivity contribution in [1.29, 1.82) is 0 Å². The Hall–Kier alpha value is -3.00. The minimum absolute atomic E-state index is 0.000608. The molecule has 0 spiro atoms. The summed E-state index contributed by atoms with van der Waals surface area (Å²) in [5.74, 6) is 1.44. The second kappa shape index (κ2) is 6.72. The van der Waals surface area contributed by atoms with Gasteiger partial charge in [-0.25, -0.2) is 14.4 Å². The molecule has 4 rings (SSSR count). The van der Waals surface area contributed by atoms with Gasteiger partial charge in [-0.15, -0.1) is 0 Å². The summed E-state index contributed by atoms with van der Waals surface area (Å²) in [6, 6.07) is 8.29. The average Bonchev–Trinajstić information content (AvgIpc) is 3.04. The van der Waals surface area contributed by atoms with Gasteiger partial charge >= 0.3 is 0 Å². The predicted molar refractivity (Wildman–Crippen MR) is 98.6 cm³/mol. The van der Waals surface area contributed by atoms with Crippen LogP contribution in [-0.2, 0) is 4.74 Å². The molecule has 1 aromatic carbocycles. The molecular formula is C18H19FN6O. The summed E-state index contributed by atoms with van der Waals surface area (Å²) in [4.78, 5) is 14.7. The quantitative estimate of drug-likeness (QED) is 0.741. The number of nitrogens with one attached hydrogen (secondary N) is 1. The number of hydrogen-bond acceptors (Lipinski definition) is 7. The zero-order valence-electron chi connectivity index (χ0n) is 14.3. The standard InChI is InChI=1S/C18H19FN6O/c1-26-15-10-25(16-5-7-22-18(20)24-16)9-14(15)23-17-13-3-2-12(19)8-11(13)4-6-21-17/h2-8,14-15H,9-10H2,1H3,(H,21,23)(H2,20,22,24)/t14-,15+/m0/s1. The van der Waals surface area contributed by atoms with Crippen LogP contribution < -0.4 is 16.0 Å². The van der Waals surface area contributed by atoms with Gasteiger partial charge in [0.05, 0.1) is 12.1 Å². The normalized spacial score (nSPS) is 19.8. The number of aromatic nitrogens is 3. The van der Waals surface area contributed by atoms with Crippen LogP contribution in [0, 0.1) is 5.82 Å². The van der Waals surface area contributed by atoms with E-state index in [1.165, 1.54) is 12.1 Å². The molecule has 0 unspecified atom stereocenters. The summed E-state index contributed by atoms with van der Waals surface area (Å²) in [7, 11) is 1.68. The number of anilines is 3. The van der Waals surface area contributed by atoms with Gasteiger partial charge in [0.2, 0.25) is 5.95 Å². The zero-order valence-corrected chi connectivity index (χ0v) is 14.3. The van der Waals surface area contributed by atoms with Crippen LogP contribution in [0.1, 0.15) is 0 Å². The number of methoxy groups -OCH3 is 1. The van der Waals surface area contributed by atoms with Crippen LogP contribution in [0.4, 0.5) is 22.0 Å². The van der Waals surface area contributed by atoms with Crippen molar-refractivity contribution in [2.24, 2.45) is 0 Å². The molecule has 3 aromatic rings. The maximum Gasteiger partial charge on any atom is 0.221 e. The fourth-order valence-electron chi connectivity index (χ4n) is 3.32. The molecule has 0 aliphatic carbocycles. The van der Waals surface area contributed by atoms with Gasteiger partial charge in [0, 0.05) is 38.0 Å². The first-order valence-electron chi connectivity index (χ1n) is 8.31. The molecule has 2 atom stereocenters. The minimum Gasteiger partial charge on any atom is -0.377 e. The van der Waals surface area contributed by atoms with Crippen molar-refractivity contribution in [3.05, 3.63) is 48.5 Å². The third-order valence-corrected chi connectivity index (χ3v) is 4.60. The highest BCUT2D eigenvalue weighted by atomic mass is 19.1. The lowest BCUT2D eigenvalue weighted by molar-refractivity contribution is 0.113. The first kappa shape index (κ1) is 16.5. The molecule has 0 radical (unpaired) electrons. The highest BCUT2D eigenvalue weighted by Crippen LogP contribution is 2.26. The molecule has 1 fully saturated rings. The van der Waals surface area contributed by atoms with Gasteiger partial charge in [0.1, 0.15) is 17.5 Å². The Kier molecular flexibility index (Phi) is 4.26. The number of fused-ring (bicyclic) bond motifs is 1. The first-order chi connectivity index (χ1) is 12.6. The SMILES string of the molecule is CO[C@@H]1CN(c2ccnc(N)n2)C[C@@H]1Nc1nccc2cc(F)ccc12. The van der Waals surface area contributed by atoms with Gasteiger partial charge < -0.3 is 20.7 Å². The van der Waals surface area contributed by atoms with E-state index in [9.17, 15) is 4.39 Å². The van der Waals surface area contributed by atoms with Gasteiger partial charge in [-0.05, 0) is 35.7 Å². The Balaban J connectivity index is 1.59. The van der Waals surface area contributed by atoms with Crippen LogP contribution in [-0.4, -0.2) is 47.3 Å². The smallest absolute Gasteiger partial charge is 0.221 e. The molecule has 8 heteroatoms. The summed E-state index contributed by atoms with van der Waals surface area (Å²) in [5, 5.41) is 5.11. The third kappa shape index (κ3) is 3.11. The molecule has 0 bridgehead atoms. The number of nitrogens with zero attached hydrogens (tertiary/aromatic N) is 4. The van der Waals surface area contributed by atoms with E-state index >= 15 is 0 Å². The van der Waals surface area contributed by atoms with E-state index in [1.807, 2.05) is 6.07 Å². The number of benzene rings is 1. The second-order valence-corrected chi connectivity index (χ2v) is 6.23. The van der Waals surface area contributed by atoms with E-state index in [2.05, 4.69) is 25.2 Å². The Labute approximate surface area is 150 Å². The molecule has 134 valence electrons. The van der Waals surface area contributed by atoms with Crippen molar-refractivity contribution in [3.63, 3.8) is 0 Å². The van der Waals surface area contributed by atoms with Gasteiger partial charge in [0.15, 0.2) is 0 Å². The maximum atomic E-state index is 13.5. The van der Waals surface area contributed by atoms with Crippen molar-refractivity contribution in [2.75, 3.05) is 36.1 Å². The van der Waals surface area contributed by atoms with Crippen LogP contribution in [0.25, 0.3) is 10.8 Å². The Morgan fingerprint density at radius 3 is 2.85 bits per heavy atom. The monoisotopic (exact) mass is 354 g/mol.